The number of pyridine rings is 1. The Morgan fingerprint density at radius 3 is 2.85 bits per heavy atom. The topological polar surface area (TPSA) is 117 Å². The van der Waals surface area contributed by atoms with Gasteiger partial charge in [0.2, 0.25) is 0 Å². The number of imidazole rings is 1. The molecular formula is C12H13N5O3. The third-order valence-corrected chi connectivity index (χ3v) is 2.75. The van der Waals surface area contributed by atoms with E-state index in [4.69, 9.17) is 5.73 Å². The van der Waals surface area contributed by atoms with Crippen molar-refractivity contribution in [1.29, 1.82) is 0 Å². The molecule has 0 fully saturated rings. The van der Waals surface area contributed by atoms with Crippen molar-refractivity contribution in [2.75, 3.05) is 0 Å². The fourth-order valence-electron chi connectivity index (χ4n) is 1.86. The molecule has 8 heteroatoms. The van der Waals surface area contributed by atoms with E-state index in [9.17, 15) is 14.9 Å². The standard InChI is InChI=1S/C12H13N5O3/c1-2-3-10-14-4-5-16(10)12-9(11(13)18)6-8(7-15-12)17(19)20/h4-7H,2-3H2,1H3,(H2,13,18). The molecule has 2 aromatic heterocycles. The normalized spacial score (nSPS) is 10.4. The highest BCUT2D eigenvalue weighted by Crippen LogP contribution is 2.19. The Bertz CT molecular complexity index is 665. The van der Waals surface area contributed by atoms with Crippen LogP contribution in [-0.2, 0) is 6.42 Å². The first-order chi connectivity index (χ1) is 9.54. The van der Waals surface area contributed by atoms with Crippen molar-refractivity contribution < 1.29 is 9.72 Å². The van der Waals surface area contributed by atoms with E-state index >= 15 is 0 Å². The monoisotopic (exact) mass is 275 g/mol. The van der Waals surface area contributed by atoms with Gasteiger partial charge in [-0.3, -0.25) is 19.5 Å². The molecule has 8 nitrogen and oxygen atoms in total. The average Bonchev–Trinajstić information content (AvgIpc) is 2.86. The predicted molar refractivity (Wildman–Crippen MR) is 70.5 cm³/mol. The fraction of sp³-hybridized carbons (Fsp3) is 0.250. The number of hydrogen-bond acceptors (Lipinski definition) is 5. The average molecular weight is 275 g/mol. The second kappa shape index (κ2) is 5.47. The van der Waals surface area contributed by atoms with E-state index in [1.54, 1.807) is 17.0 Å². The molecule has 0 aliphatic carbocycles. The van der Waals surface area contributed by atoms with Crippen molar-refractivity contribution in [3.05, 3.63) is 46.2 Å². The summed E-state index contributed by atoms with van der Waals surface area (Å²) in [4.78, 5) is 29.8. The summed E-state index contributed by atoms with van der Waals surface area (Å²) in [7, 11) is 0. The molecule has 2 aromatic rings. The second-order valence-electron chi connectivity index (χ2n) is 4.15. The van der Waals surface area contributed by atoms with E-state index in [0.29, 0.717) is 6.42 Å². The SMILES string of the molecule is CCCc1nccn1-c1ncc([N+](=O)[O-])cc1C(N)=O. The van der Waals surface area contributed by atoms with Crippen LogP contribution >= 0.6 is 0 Å². The van der Waals surface area contributed by atoms with Gasteiger partial charge in [-0.25, -0.2) is 9.97 Å². The van der Waals surface area contributed by atoms with E-state index in [2.05, 4.69) is 9.97 Å². The molecule has 0 bridgehead atoms. The molecule has 0 saturated heterocycles. The van der Waals surface area contributed by atoms with Crippen LogP contribution in [0.5, 0.6) is 0 Å². The summed E-state index contributed by atoms with van der Waals surface area (Å²) >= 11 is 0. The Hall–Kier alpha value is -2.77. The number of amides is 1. The smallest absolute Gasteiger partial charge is 0.288 e. The predicted octanol–water partition coefficient (Wildman–Crippen LogP) is 1.23. The molecule has 2 N–H and O–H groups in total. The first-order valence-corrected chi connectivity index (χ1v) is 6.01. The van der Waals surface area contributed by atoms with Crippen molar-refractivity contribution in [3.63, 3.8) is 0 Å². The molecule has 0 aliphatic heterocycles. The lowest BCUT2D eigenvalue weighted by atomic mass is 10.2. The molecule has 0 saturated carbocycles. The zero-order chi connectivity index (χ0) is 14.7. The Kier molecular flexibility index (Phi) is 3.74. The van der Waals surface area contributed by atoms with E-state index in [1.807, 2.05) is 6.92 Å². The molecule has 0 atom stereocenters. The van der Waals surface area contributed by atoms with Crippen LogP contribution in [0.25, 0.3) is 5.82 Å². The van der Waals surface area contributed by atoms with Crippen LogP contribution in [0.1, 0.15) is 29.5 Å². The van der Waals surface area contributed by atoms with Gasteiger partial charge in [-0.05, 0) is 6.42 Å². The van der Waals surface area contributed by atoms with E-state index in [-0.39, 0.29) is 17.1 Å². The summed E-state index contributed by atoms with van der Waals surface area (Å²) in [6.07, 6.45) is 5.89. The quantitative estimate of drug-likeness (QED) is 0.650. The van der Waals surface area contributed by atoms with Crippen molar-refractivity contribution >= 4 is 11.6 Å². The number of nitro groups is 1. The molecule has 1 amide bonds. The summed E-state index contributed by atoms with van der Waals surface area (Å²) in [6.45, 7) is 2.00. The van der Waals surface area contributed by atoms with Gasteiger partial charge in [0.15, 0.2) is 5.82 Å². The molecule has 0 unspecified atom stereocenters. The van der Waals surface area contributed by atoms with Crippen LogP contribution in [0.15, 0.2) is 24.7 Å². The van der Waals surface area contributed by atoms with Crippen LogP contribution in [0.4, 0.5) is 5.69 Å². The first-order valence-electron chi connectivity index (χ1n) is 6.01. The minimum atomic E-state index is -0.771. The third-order valence-electron chi connectivity index (χ3n) is 2.75. The number of rotatable bonds is 5. The molecule has 0 spiro atoms. The highest BCUT2D eigenvalue weighted by atomic mass is 16.6. The molecule has 0 radical (unpaired) electrons. The number of hydrogen-bond donors (Lipinski definition) is 1. The van der Waals surface area contributed by atoms with Gasteiger partial charge in [0, 0.05) is 24.9 Å². The molecule has 0 aliphatic rings. The minimum absolute atomic E-state index is 0.00504. The Morgan fingerprint density at radius 1 is 1.50 bits per heavy atom. The van der Waals surface area contributed by atoms with Gasteiger partial charge in [-0.15, -0.1) is 0 Å². The summed E-state index contributed by atoms with van der Waals surface area (Å²) in [5.74, 6) is 0.202. The number of carbonyl (C=O) groups excluding carboxylic acids is 1. The van der Waals surface area contributed by atoms with E-state index in [0.717, 1.165) is 24.5 Å². The maximum absolute atomic E-state index is 11.5. The number of nitrogens with zero attached hydrogens (tertiary/aromatic N) is 4. The second-order valence-corrected chi connectivity index (χ2v) is 4.15. The fourth-order valence-corrected chi connectivity index (χ4v) is 1.86. The molecule has 104 valence electrons. The van der Waals surface area contributed by atoms with Gasteiger partial charge in [0.25, 0.3) is 11.6 Å². The maximum Gasteiger partial charge on any atom is 0.288 e. The number of aromatic nitrogens is 3. The maximum atomic E-state index is 11.5. The number of nitrogens with two attached hydrogens (primary N) is 1. The van der Waals surface area contributed by atoms with Crippen LogP contribution < -0.4 is 5.73 Å². The summed E-state index contributed by atoms with van der Waals surface area (Å²) in [6, 6.07) is 1.13. The van der Waals surface area contributed by atoms with Gasteiger partial charge in [0.05, 0.1) is 10.5 Å². The van der Waals surface area contributed by atoms with Gasteiger partial charge in [-0.2, -0.15) is 0 Å². The highest BCUT2D eigenvalue weighted by molar-refractivity contribution is 5.96. The zero-order valence-electron chi connectivity index (χ0n) is 10.8. The summed E-state index contributed by atoms with van der Waals surface area (Å²) in [5, 5.41) is 10.7. The Labute approximate surface area is 114 Å². The van der Waals surface area contributed by atoms with Crippen molar-refractivity contribution in [3.8, 4) is 5.82 Å². The zero-order valence-corrected chi connectivity index (χ0v) is 10.8. The molecule has 20 heavy (non-hydrogen) atoms. The Morgan fingerprint density at radius 2 is 2.25 bits per heavy atom. The van der Waals surface area contributed by atoms with Crippen molar-refractivity contribution in [2.24, 2.45) is 5.73 Å². The lowest BCUT2D eigenvalue weighted by Crippen LogP contribution is -2.17. The van der Waals surface area contributed by atoms with Crippen LogP contribution in [0.2, 0.25) is 0 Å². The molecule has 0 aromatic carbocycles. The minimum Gasteiger partial charge on any atom is -0.365 e. The largest absolute Gasteiger partial charge is 0.365 e. The number of aryl methyl sites for hydroxylation is 1. The molecular weight excluding hydrogens is 262 g/mol. The van der Waals surface area contributed by atoms with Gasteiger partial charge >= 0.3 is 0 Å². The van der Waals surface area contributed by atoms with Crippen LogP contribution in [0, 0.1) is 10.1 Å². The van der Waals surface area contributed by atoms with Gasteiger partial charge in [0.1, 0.15) is 12.0 Å². The number of carbonyl (C=O) groups is 1. The summed E-state index contributed by atoms with van der Waals surface area (Å²) in [5.41, 5.74) is 5.00. The first kappa shape index (κ1) is 13.7. The van der Waals surface area contributed by atoms with E-state index in [1.165, 1.54) is 0 Å². The van der Waals surface area contributed by atoms with Crippen LogP contribution in [-0.4, -0.2) is 25.4 Å². The van der Waals surface area contributed by atoms with Crippen molar-refractivity contribution in [2.45, 2.75) is 19.8 Å². The highest BCUT2D eigenvalue weighted by Gasteiger charge is 2.18. The van der Waals surface area contributed by atoms with Crippen molar-refractivity contribution in [1.82, 2.24) is 14.5 Å². The van der Waals surface area contributed by atoms with E-state index < -0.39 is 10.8 Å². The lowest BCUT2D eigenvalue weighted by Gasteiger charge is -2.09. The molecule has 2 heterocycles. The van der Waals surface area contributed by atoms with Crippen LogP contribution in [0.3, 0.4) is 0 Å². The third kappa shape index (κ3) is 2.48. The Balaban J connectivity index is 2.58. The molecule has 2 rings (SSSR count). The van der Waals surface area contributed by atoms with Gasteiger partial charge in [-0.1, -0.05) is 6.92 Å². The lowest BCUT2D eigenvalue weighted by molar-refractivity contribution is -0.385. The number of primary amides is 1. The van der Waals surface area contributed by atoms with Gasteiger partial charge < -0.3 is 5.73 Å². The summed E-state index contributed by atoms with van der Waals surface area (Å²) < 4.78 is 1.62.